The van der Waals surface area contributed by atoms with Gasteiger partial charge in [-0.2, -0.15) is 0 Å². The lowest BCUT2D eigenvalue weighted by Crippen LogP contribution is -2.25. The van der Waals surface area contributed by atoms with Crippen molar-refractivity contribution in [3.05, 3.63) is 35.6 Å². The van der Waals surface area contributed by atoms with Gasteiger partial charge >= 0.3 is 0 Å². The lowest BCUT2D eigenvalue weighted by molar-refractivity contribution is -0.118. The summed E-state index contributed by atoms with van der Waals surface area (Å²) in [7, 11) is 0. The highest BCUT2D eigenvalue weighted by atomic mass is 32.2. The maximum absolute atomic E-state index is 12.8. The molecule has 2 rings (SSSR count). The van der Waals surface area contributed by atoms with Crippen molar-refractivity contribution in [2.75, 3.05) is 0 Å². The Morgan fingerprint density at radius 2 is 2.20 bits per heavy atom. The Morgan fingerprint density at radius 1 is 1.40 bits per heavy atom. The molecule has 1 aliphatic rings. The number of amides is 2. The van der Waals surface area contributed by atoms with E-state index in [1.54, 1.807) is 12.1 Å². The number of nitrogens with one attached hydrogen (secondary N) is 1. The molecule has 1 aromatic rings. The largest absolute Gasteiger partial charge is 0.286 e. The maximum Gasteiger partial charge on any atom is 0.286 e. The molecule has 0 unspecified atom stereocenters. The Bertz CT molecular complexity index is 422. The second-order valence-corrected chi connectivity index (χ2v) is 4.39. The van der Waals surface area contributed by atoms with E-state index in [1.807, 2.05) is 0 Å². The molecule has 15 heavy (non-hydrogen) atoms. The third kappa shape index (κ3) is 2.36. The highest BCUT2D eigenvalue weighted by molar-refractivity contribution is 8.15. The Balaban J connectivity index is 2.09. The van der Waals surface area contributed by atoms with E-state index in [4.69, 9.17) is 0 Å². The molecule has 0 saturated carbocycles. The Morgan fingerprint density at radius 3 is 2.80 bits per heavy atom. The first-order valence-corrected chi connectivity index (χ1v) is 5.29. The van der Waals surface area contributed by atoms with Gasteiger partial charge in [-0.1, -0.05) is 23.9 Å². The minimum absolute atomic E-state index is 0.297. The van der Waals surface area contributed by atoms with Gasteiger partial charge in [-0.05, 0) is 24.1 Å². The number of hydrogen-bond acceptors (Lipinski definition) is 3. The lowest BCUT2D eigenvalue weighted by Gasteiger charge is -2.04. The molecule has 3 nitrogen and oxygen atoms in total. The Hall–Kier alpha value is -1.36. The zero-order valence-electron chi connectivity index (χ0n) is 7.70. The predicted octanol–water partition coefficient (Wildman–Crippen LogP) is 1.72. The van der Waals surface area contributed by atoms with Crippen molar-refractivity contribution in [2.45, 2.75) is 11.7 Å². The number of carbonyl (C=O) groups is 2. The molecule has 2 amide bonds. The van der Waals surface area contributed by atoms with Crippen LogP contribution in [0.3, 0.4) is 0 Å². The van der Waals surface area contributed by atoms with Crippen molar-refractivity contribution in [3.8, 4) is 0 Å². The van der Waals surface area contributed by atoms with Gasteiger partial charge in [-0.3, -0.25) is 14.9 Å². The van der Waals surface area contributed by atoms with Crippen LogP contribution in [0.5, 0.6) is 0 Å². The fourth-order valence-corrected chi connectivity index (χ4v) is 2.27. The molecule has 1 aromatic carbocycles. The van der Waals surface area contributed by atoms with E-state index in [1.165, 1.54) is 12.1 Å². The number of imide groups is 1. The minimum atomic E-state index is -0.431. The highest BCUT2D eigenvalue weighted by Gasteiger charge is 2.31. The fourth-order valence-electron chi connectivity index (χ4n) is 1.41. The zero-order chi connectivity index (χ0) is 10.8. The summed E-state index contributed by atoms with van der Waals surface area (Å²) >= 11 is 0.952. The number of benzene rings is 1. The van der Waals surface area contributed by atoms with Crippen molar-refractivity contribution in [1.82, 2.24) is 5.32 Å². The van der Waals surface area contributed by atoms with Crippen LogP contribution in [-0.2, 0) is 11.2 Å². The number of carbonyl (C=O) groups excluding carboxylic acids is 2. The smallest absolute Gasteiger partial charge is 0.286 e. The monoisotopic (exact) mass is 225 g/mol. The molecule has 1 aliphatic heterocycles. The van der Waals surface area contributed by atoms with E-state index in [2.05, 4.69) is 5.32 Å². The molecule has 1 atom stereocenters. The third-order valence-electron chi connectivity index (χ3n) is 2.08. The van der Waals surface area contributed by atoms with Gasteiger partial charge in [0.2, 0.25) is 5.91 Å². The summed E-state index contributed by atoms with van der Waals surface area (Å²) in [6.07, 6.45) is 0.375. The number of thioether (sulfide) groups is 1. The van der Waals surface area contributed by atoms with Gasteiger partial charge in [0.05, 0.1) is 5.25 Å². The van der Waals surface area contributed by atoms with Gasteiger partial charge in [0.1, 0.15) is 5.82 Å². The summed E-state index contributed by atoms with van der Waals surface area (Å²) in [6, 6.07) is 6.04. The standard InChI is InChI=1S/C10H8FNO2S/c11-7-3-1-2-6(4-7)5-8-9(13)12-10(14)15-8/h1-4,8H,5H2,(H,12,13,14)/t8-/m0/s1. The van der Waals surface area contributed by atoms with Gasteiger partial charge < -0.3 is 0 Å². The molecule has 78 valence electrons. The molecule has 1 heterocycles. The topological polar surface area (TPSA) is 46.2 Å². The average molecular weight is 225 g/mol. The van der Waals surface area contributed by atoms with Crippen molar-refractivity contribution < 1.29 is 14.0 Å². The number of hydrogen-bond donors (Lipinski definition) is 1. The molecule has 0 aliphatic carbocycles. The molecular weight excluding hydrogens is 217 g/mol. The molecule has 1 N–H and O–H groups in total. The second-order valence-electron chi connectivity index (χ2n) is 3.22. The predicted molar refractivity (Wildman–Crippen MR) is 55.0 cm³/mol. The first kappa shape index (κ1) is 10.2. The minimum Gasteiger partial charge on any atom is -0.286 e. The van der Waals surface area contributed by atoms with Crippen LogP contribution in [0, 0.1) is 5.82 Å². The van der Waals surface area contributed by atoms with Gasteiger partial charge in [0.25, 0.3) is 5.24 Å². The fraction of sp³-hybridized carbons (Fsp3) is 0.200. The Labute approximate surface area is 90.0 Å². The lowest BCUT2D eigenvalue weighted by atomic mass is 10.1. The van der Waals surface area contributed by atoms with Crippen LogP contribution in [0.4, 0.5) is 9.18 Å². The number of rotatable bonds is 2. The molecule has 1 saturated heterocycles. The van der Waals surface area contributed by atoms with Crippen molar-refractivity contribution in [1.29, 1.82) is 0 Å². The zero-order valence-corrected chi connectivity index (χ0v) is 8.51. The maximum atomic E-state index is 12.8. The third-order valence-corrected chi connectivity index (χ3v) is 3.06. The van der Waals surface area contributed by atoms with E-state index in [0.29, 0.717) is 6.42 Å². The summed E-state index contributed by atoms with van der Waals surface area (Å²) in [5.74, 6) is -0.628. The van der Waals surface area contributed by atoms with Crippen molar-refractivity contribution in [3.63, 3.8) is 0 Å². The SMILES string of the molecule is O=C1NC(=O)[C@H](Cc2cccc(F)c2)S1. The highest BCUT2D eigenvalue weighted by Crippen LogP contribution is 2.22. The molecular formula is C10H8FNO2S. The second kappa shape index (κ2) is 4.02. The summed E-state index contributed by atoms with van der Waals surface area (Å²) in [4.78, 5) is 22.1. The average Bonchev–Trinajstić information content (AvgIpc) is 2.45. The van der Waals surface area contributed by atoms with Gasteiger partial charge in [-0.25, -0.2) is 4.39 Å². The van der Waals surface area contributed by atoms with Crippen LogP contribution in [0.1, 0.15) is 5.56 Å². The first-order valence-electron chi connectivity index (χ1n) is 4.41. The van der Waals surface area contributed by atoms with E-state index in [-0.39, 0.29) is 17.0 Å². The van der Waals surface area contributed by atoms with E-state index < -0.39 is 5.25 Å². The quantitative estimate of drug-likeness (QED) is 0.833. The van der Waals surface area contributed by atoms with Gasteiger partial charge in [-0.15, -0.1) is 0 Å². The molecule has 0 aromatic heterocycles. The Kier molecular flexibility index (Phi) is 2.73. The van der Waals surface area contributed by atoms with Crippen LogP contribution >= 0.6 is 11.8 Å². The summed E-state index contributed by atoms with van der Waals surface area (Å²) in [5, 5.41) is 1.43. The summed E-state index contributed by atoms with van der Waals surface area (Å²) < 4.78 is 12.8. The molecule has 0 radical (unpaired) electrons. The number of halogens is 1. The van der Waals surface area contributed by atoms with Crippen LogP contribution < -0.4 is 5.32 Å². The van der Waals surface area contributed by atoms with E-state index in [9.17, 15) is 14.0 Å². The van der Waals surface area contributed by atoms with E-state index >= 15 is 0 Å². The molecule has 5 heteroatoms. The summed E-state index contributed by atoms with van der Waals surface area (Å²) in [5.41, 5.74) is 0.720. The molecule has 0 bridgehead atoms. The van der Waals surface area contributed by atoms with Crippen molar-refractivity contribution >= 4 is 22.9 Å². The van der Waals surface area contributed by atoms with E-state index in [0.717, 1.165) is 17.3 Å². The summed E-state index contributed by atoms with van der Waals surface area (Å²) in [6.45, 7) is 0. The van der Waals surface area contributed by atoms with Crippen molar-refractivity contribution in [2.24, 2.45) is 0 Å². The molecule has 1 fully saturated rings. The van der Waals surface area contributed by atoms with Crippen LogP contribution in [0.2, 0.25) is 0 Å². The first-order chi connectivity index (χ1) is 7.15. The van der Waals surface area contributed by atoms with Crippen LogP contribution in [0.15, 0.2) is 24.3 Å². The van der Waals surface area contributed by atoms with Gasteiger partial charge in [0.15, 0.2) is 0 Å². The normalized spacial score (nSPS) is 20.5. The van der Waals surface area contributed by atoms with Crippen LogP contribution in [-0.4, -0.2) is 16.4 Å². The van der Waals surface area contributed by atoms with Crippen LogP contribution in [0.25, 0.3) is 0 Å². The molecule has 0 spiro atoms. The van der Waals surface area contributed by atoms with Gasteiger partial charge in [0, 0.05) is 0 Å².